The van der Waals surface area contributed by atoms with Crippen LogP contribution in [-0.2, 0) is 32.7 Å². The molecule has 0 aromatic carbocycles. The van der Waals surface area contributed by atoms with Crippen molar-refractivity contribution in [1.29, 1.82) is 0 Å². The number of phosphoric ester groups is 1. The molecule has 10 heteroatoms. The molecular weight excluding hydrogens is 870 g/mol. The van der Waals surface area contributed by atoms with Crippen molar-refractivity contribution in [2.24, 2.45) is 5.73 Å². The van der Waals surface area contributed by atoms with Crippen molar-refractivity contribution in [3.63, 3.8) is 0 Å². The molecule has 0 aliphatic carbocycles. The summed E-state index contributed by atoms with van der Waals surface area (Å²) in [7, 11) is -4.41. The number of phosphoric acid groups is 1. The predicted molar refractivity (Wildman–Crippen MR) is 288 cm³/mol. The number of nitrogens with two attached hydrogens (primary N) is 1. The average Bonchev–Trinajstić information content (AvgIpc) is 3.33. The zero-order valence-corrected chi connectivity index (χ0v) is 43.9. The van der Waals surface area contributed by atoms with Crippen molar-refractivity contribution >= 4 is 19.8 Å². The minimum absolute atomic E-state index is 0.0395. The van der Waals surface area contributed by atoms with Gasteiger partial charge in [-0.05, 0) is 77.0 Å². The molecule has 2 unspecified atom stereocenters. The number of unbranched alkanes of at least 4 members (excludes halogenated alkanes) is 18. The van der Waals surface area contributed by atoms with E-state index >= 15 is 0 Å². The molecule has 0 fully saturated rings. The second-order valence-electron chi connectivity index (χ2n) is 17.4. The molecule has 0 spiro atoms. The first kappa shape index (κ1) is 64.7. The molecule has 388 valence electrons. The van der Waals surface area contributed by atoms with Crippen molar-refractivity contribution in [2.45, 2.75) is 219 Å². The van der Waals surface area contributed by atoms with Crippen molar-refractivity contribution in [3.05, 3.63) is 109 Å². The first-order valence-corrected chi connectivity index (χ1v) is 28.4. The van der Waals surface area contributed by atoms with Gasteiger partial charge in [-0.25, -0.2) is 4.57 Å². The smallest absolute Gasteiger partial charge is 0.462 e. The second-order valence-corrected chi connectivity index (χ2v) is 18.8. The van der Waals surface area contributed by atoms with Gasteiger partial charge >= 0.3 is 19.8 Å². The van der Waals surface area contributed by atoms with Crippen molar-refractivity contribution in [3.8, 4) is 0 Å². The molecule has 9 nitrogen and oxygen atoms in total. The van der Waals surface area contributed by atoms with Gasteiger partial charge in [0.05, 0.1) is 13.2 Å². The Labute approximate surface area is 416 Å². The molecule has 0 aliphatic heterocycles. The zero-order chi connectivity index (χ0) is 49.5. The Balaban J connectivity index is 4.17. The minimum atomic E-state index is -4.41. The summed E-state index contributed by atoms with van der Waals surface area (Å²) in [5.74, 6) is -0.900. The van der Waals surface area contributed by atoms with Crippen LogP contribution >= 0.6 is 7.82 Å². The lowest BCUT2D eigenvalue weighted by atomic mass is 10.0. The topological polar surface area (TPSA) is 134 Å². The first-order valence-electron chi connectivity index (χ1n) is 26.9. The molecule has 0 bridgehead atoms. The van der Waals surface area contributed by atoms with Crippen LogP contribution in [0.2, 0.25) is 0 Å². The van der Waals surface area contributed by atoms with Crippen LogP contribution in [0.25, 0.3) is 0 Å². The SMILES string of the molecule is CC/C=C\C/C=C\C/C=C\C/C=C\C/C=C\C/C=C\C/C=C\C/C=C\C/C=C\CCCC(=O)OC(COC(=O)CCCCCCCCCCCCCCCCCCCC)COP(=O)(O)OCCN. The lowest BCUT2D eigenvalue weighted by molar-refractivity contribution is -0.161. The van der Waals surface area contributed by atoms with Gasteiger partial charge < -0.3 is 20.1 Å². The van der Waals surface area contributed by atoms with E-state index in [2.05, 4.69) is 117 Å². The second kappa shape index (κ2) is 53.0. The number of carbonyl (C=O) groups is 2. The minimum Gasteiger partial charge on any atom is -0.462 e. The van der Waals surface area contributed by atoms with E-state index in [1.165, 1.54) is 96.3 Å². The monoisotopic (exact) mass is 968 g/mol. The normalized spacial score (nSPS) is 14.0. The third-order valence-electron chi connectivity index (χ3n) is 10.9. The Bertz CT molecular complexity index is 1480. The Hall–Kier alpha value is -3.33. The third-order valence-corrected chi connectivity index (χ3v) is 11.9. The van der Waals surface area contributed by atoms with Crippen LogP contribution in [0, 0.1) is 0 Å². The van der Waals surface area contributed by atoms with Crippen LogP contribution < -0.4 is 5.73 Å². The molecule has 0 rings (SSSR count). The van der Waals surface area contributed by atoms with Gasteiger partial charge in [0, 0.05) is 19.4 Å². The van der Waals surface area contributed by atoms with Crippen LogP contribution in [0.1, 0.15) is 213 Å². The van der Waals surface area contributed by atoms with Crippen LogP contribution in [0.3, 0.4) is 0 Å². The third kappa shape index (κ3) is 52.0. The summed E-state index contributed by atoms with van der Waals surface area (Å²) in [6.07, 6.45) is 71.4. The van der Waals surface area contributed by atoms with Gasteiger partial charge in [0.15, 0.2) is 6.10 Å². The fourth-order valence-electron chi connectivity index (χ4n) is 6.99. The summed E-state index contributed by atoms with van der Waals surface area (Å²) in [6, 6.07) is 0. The van der Waals surface area contributed by atoms with Crippen molar-refractivity contribution in [2.75, 3.05) is 26.4 Å². The highest BCUT2D eigenvalue weighted by Gasteiger charge is 2.26. The summed E-state index contributed by atoms with van der Waals surface area (Å²) in [5, 5.41) is 0. The Morgan fingerprint density at radius 3 is 1.19 bits per heavy atom. The number of hydrogen-bond acceptors (Lipinski definition) is 8. The van der Waals surface area contributed by atoms with E-state index in [9.17, 15) is 19.0 Å². The molecule has 0 aromatic heterocycles. The van der Waals surface area contributed by atoms with Crippen LogP contribution in [-0.4, -0.2) is 49.3 Å². The van der Waals surface area contributed by atoms with Gasteiger partial charge in [0.2, 0.25) is 0 Å². The molecule has 68 heavy (non-hydrogen) atoms. The zero-order valence-electron chi connectivity index (χ0n) is 43.0. The summed E-state index contributed by atoms with van der Waals surface area (Å²) in [6.45, 7) is 3.56. The van der Waals surface area contributed by atoms with E-state index in [1.54, 1.807) is 0 Å². The van der Waals surface area contributed by atoms with E-state index in [0.29, 0.717) is 12.8 Å². The number of hydrogen-bond donors (Lipinski definition) is 2. The number of rotatable bonds is 49. The number of carbonyl (C=O) groups excluding carboxylic acids is 2. The molecular formula is C58H98NO8P. The molecule has 3 N–H and O–H groups in total. The highest BCUT2D eigenvalue weighted by atomic mass is 31.2. The van der Waals surface area contributed by atoms with Gasteiger partial charge in [-0.1, -0.05) is 232 Å². The lowest BCUT2D eigenvalue weighted by Gasteiger charge is -2.19. The Kier molecular flexibility index (Phi) is 50.4. The van der Waals surface area contributed by atoms with Gasteiger partial charge in [0.1, 0.15) is 6.61 Å². The molecule has 0 saturated heterocycles. The first-order chi connectivity index (χ1) is 33.3. The van der Waals surface area contributed by atoms with Crippen LogP contribution in [0.15, 0.2) is 109 Å². The average molecular weight is 968 g/mol. The fourth-order valence-corrected chi connectivity index (χ4v) is 7.75. The summed E-state index contributed by atoms with van der Waals surface area (Å²) in [5.41, 5.74) is 5.37. The molecule has 2 atom stereocenters. The maximum atomic E-state index is 12.6. The van der Waals surface area contributed by atoms with Crippen molar-refractivity contribution < 1.29 is 37.6 Å². The van der Waals surface area contributed by atoms with E-state index < -0.39 is 32.5 Å². The van der Waals surface area contributed by atoms with E-state index in [-0.39, 0.29) is 32.6 Å². The maximum Gasteiger partial charge on any atom is 0.472 e. The van der Waals surface area contributed by atoms with Gasteiger partial charge in [-0.3, -0.25) is 18.6 Å². The Morgan fingerprint density at radius 2 is 0.809 bits per heavy atom. The largest absolute Gasteiger partial charge is 0.472 e. The van der Waals surface area contributed by atoms with E-state index in [0.717, 1.165) is 77.0 Å². The Morgan fingerprint density at radius 1 is 0.456 bits per heavy atom. The summed E-state index contributed by atoms with van der Waals surface area (Å²) < 4.78 is 32.9. The maximum absolute atomic E-state index is 12.6. The number of esters is 2. The quantitative estimate of drug-likeness (QED) is 0.0264. The summed E-state index contributed by atoms with van der Waals surface area (Å²) in [4.78, 5) is 35.1. The highest BCUT2D eigenvalue weighted by Crippen LogP contribution is 2.43. The molecule has 0 amide bonds. The van der Waals surface area contributed by atoms with Gasteiger partial charge in [-0.15, -0.1) is 0 Å². The van der Waals surface area contributed by atoms with Gasteiger partial charge in [-0.2, -0.15) is 0 Å². The standard InChI is InChI=1S/C58H98NO8P/c1-3-5-7-9-11-13-15-17-19-21-23-24-25-26-27-28-29-30-31-32-33-35-37-39-41-43-45-47-49-51-58(61)67-56(55-66-68(62,63)65-53-52-59)54-64-57(60)50-48-46-44-42-40-38-36-34-22-20-18-16-14-12-10-8-6-4-2/h5,7,11,13,17,19,23-24,26-27,29-30,32-33,37,39,43,45,56H,3-4,6,8-10,12,14-16,18,20-22,25,28,31,34-36,38,40-42,44,46-55,59H2,1-2H3,(H,62,63)/b7-5-,13-11-,19-17-,24-23-,27-26-,30-29-,33-32-,39-37-,45-43-. The molecule has 0 radical (unpaired) electrons. The van der Waals surface area contributed by atoms with Crippen LogP contribution in [0.5, 0.6) is 0 Å². The predicted octanol–water partition coefficient (Wildman–Crippen LogP) is 16.7. The number of ether oxygens (including phenoxy) is 2. The fraction of sp³-hybridized carbons (Fsp3) is 0.655. The van der Waals surface area contributed by atoms with Crippen molar-refractivity contribution in [1.82, 2.24) is 0 Å². The highest BCUT2D eigenvalue weighted by molar-refractivity contribution is 7.47. The molecule has 0 saturated carbocycles. The summed E-state index contributed by atoms with van der Waals surface area (Å²) >= 11 is 0. The van der Waals surface area contributed by atoms with E-state index in [4.69, 9.17) is 24.3 Å². The van der Waals surface area contributed by atoms with Gasteiger partial charge in [0.25, 0.3) is 0 Å². The molecule has 0 aliphatic rings. The number of allylic oxidation sites excluding steroid dienone is 18. The molecule has 0 heterocycles. The molecule has 0 aromatic rings. The van der Waals surface area contributed by atoms with E-state index in [1.807, 2.05) is 6.08 Å². The van der Waals surface area contributed by atoms with Crippen LogP contribution in [0.4, 0.5) is 0 Å². The lowest BCUT2D eigenvalue weighted by Crippen LogP contribution is -2.29.